The molecule has 1 aromatic heterocycles. The fourth-order valence-corrected chi connectivity index (χ4v) is 3.38. The van der Waals surface area contributed by atoms with Crippen molar-refractivity contribution in [2.24, 2.45) is 0 Å². The lowest BCUT2D eigenvalue weighted by molar-refractivity contribution is -0.0435. The van der Waals surface area contributed by atoms with Crippen molar-refractivity contribution < 1.29 is 30.7 Å². The molecular weight excluding hydrogens is 412 g/mol. The average molecular weight is 426 g/mol. The van der Waals surface area contributed by atoms with Gasteiger partial charge in [0, 0.05) is 12.7 Å². The van der Waals surface area contributed by atoms with E-state index in [0.717, 1.165) is 12.1 Å². The number of para-hydroxylation sites is 1. The third-order valence-corrected chi connectivity index (χ3v) is 5.37. The maximum Gasteiger partial charge on any atom is 0.501 e. The Morgan fingerprint density at radius 2 is 1.79 bits per heavy atom. The van der Waals surface area contributed by atoms with Crippen LogP contribution in [0.1, 0.15) is 5.56 Å². The first-order valence-electron chi connectivity index (χ1n) is 8.19. The van der Waals surface area contributed by atoms with Crippen molar-refractivity contribution in [3.63, 3.8) is 0 Å². The molecule has 3 rings (SSSR count). The molecule has 0 saturated carbocycles. The minimum atomic E-state index is -5.52. The number of benzene rings is 2. The number of anilines is 1. The Morgan fingerprint density at radius 3 is 2.45 bits per heavy atom. The highest BCUT2D eigenvalue weighted by molar-refractivity contribution is 7.92. The van der Waals surface area contributed by atoms with E-state index in [2.05, 4.69) is 10.3 Å². The summed E-state index contributed by atoms with van der Waals surface area (Å²) in [5.74, 6) is -0.408. The van der Waals surface area contributed by atoms with Crippen LogP contribution >= 0.6 is 0 Å². The van der Waals surface area contributed by atoms with E-state index in [0.29, 0.717) is 11.3 Å². The van der Waals surface area contributed by atoms with Gasteiger partial charge in [-0.05, 0) is 42.0 Å². The van der Waals surface area contributed by atoms with Crippen LogP contribution in [0.25, 0.3) is 0 Å². The third-order valence-electron chi connectivity index (χ3n) is 3.82. The van der Waals surface area contributed by atoms with Gasteiger partial charge >= 0.3 is 5.51 Å². The third kappa shape index (κ3) is 4.65. The van der Waals surface area contributed by atoms with Crippen molar-refractivity contribution in [2.75, 3.05) is 5.32 Å². The van der Waals surface area contributed by atoms with Gasteiger partial charge < -0.3 is 10.1 Å². The predicted molar refractivity (Wildman–Crippen MR) is 97.7 cm³/mol. The number of alkyl halides is 3. The zero-order valence-electron chi connectivity index (χ0n) is 14.7. The number of nitrogens with zero attached hydrogens (tertiary/aromatic N) is 1. The van der Waals surface area contributed by atoms with E-state index in [4.69, 9.17) is 4.74 Å². The summed E-state index contributed by atoms with van der Waals surface area (Å²) < 4.78 is 81.6. The van der Waals surface area contributed by atoms with Crippen molar-refractivity contribution in [3.05, 3.63) is 78.4 Å². The first-order chi connectivity index (χ1) is 13.7. The van der Waals surface area contributed by atoms with Crippen molar-refractivity contribution in [1.82, 2.24) is 4.98 Å². The molecule has 0 aliphatic carbocycles. The normalized spacial score (nSPS) is 11.9. The van der Waals surface area contributed by atoms with Crippen molar-refractivity contribution >= 4 is 15.5 Å². The standard InChI is InChI=1S/C19H14F4N2O3S/c20-15-10-13(7-8-17(15)28-14-4-3-9-24-12-14)11-25-16-5-1-2-6-18(16)29(26,27)19(21,22)23/h1-10,12,25H,11H2. The molecule has 0 unspecified atom stereocenters. The van der Waals surface area contributed by atoms with E-state index in [9.17, 15) is 26.0 Å². The minimum absolute atomic E-state index is 0.0539. The zero-order chi connectivity index (χ0) is 21.1. The molecule has 1 heterocycles. The Kier molecular flexibility index (Phi) is 5.73. The molecule has 0 saturated heterocycles. The Labute approximate surface area is 163 Å². The van der Waals surface area contributed by atoms with Gasteiger partial charge in [0.1, 0.15) is 5.75 Å². The quantitative estimate of drug-likeness (QED) is 0.567. The first kappa shape index (κ1) is 20.6. The molecule has 0 spiro atoms. The number of nitrogens with one attached hydrogen (secondary N) is 1. The Hall–Kier alpha value is -3.14. The van der Waals surface area contributed by atoms with Gasteiger partial charge in [-0.2, -0.15) is 13.2 Å². The summed E-state index contributed by atoms with van der Waals surface area (Å²) in [6.45, 7) is -0.103. The Morgan fingerprint density at radius 1 is 1.03 bits per heavy atom. The van der Waals surface area contributed by atoms with Crippen LogP contribution in [0.5, 0.6) is 11.5 Å². The molecule has 0 amide bonds. The number of hydrogen-bond donors (Lipinski definition) is 1. The first-order valence-corrected chi connectivity index (χ1v) is 9.67. The van der Waals surface area contributed by atoms with Gasteiger partial charge in [0.25, 0.3) is 9.84 Å². The summed E-state index contributed by atoms with van der Waals surface area (Å²) in [6, 6.07) is 11.9. The van der Waals surface area contributed by atoms with E-state index in [1.807, 2.05) is 0 Å². The van der Waals surface area contributed by atoms with E-state index in [1.54, 1.807) is 12.1 Å². The molecule has 10 heteroatoms. The number of aromatic nitrogens is 1. The SMILES string of the molecule is O=S(=O)(c1ccccc1NCc1ccc(Oc2cccnc2)c(F)c1)C(F)(F)F. The van der Waals surface area contributed by atoms with Crippen LogP contribution in [0, 0.1) is 5.82 Å². The smallest absolute Gasteiger partial charge is 0.453 e. The maximum atomic E-state index is 14.3. The second-order valence-corrected chi connectivity index (χ2v) is 7.76. The van der Waals surface area contributed by atoms with Gasteiger partial charge in [0.15, 0.2) is 11.6 Å². The summed E-state index contributed by atoms with van der Waals surface area (Å²) >= 11 is 0. The molecule has 0 atom stereocenters. The van der Waals surface area contributed by atoms with Gasteiger partial charge in [-0.3, -0.25) is 4.98 Å². The number of halogens is 4. The van der Waals surface area contributed by atoms with E-state index in [-0.39, 0.29) is 18.0 Å². The molecular formula is C19H14F4N2O3S. The molecule has 29 heavy (non-hydrogen) atoms. The highest BCUT2D eigenvalue weighted by Gasteiger charge is 2.47. The second-order valence-electron chi connectivity index (χ2n) is 5.85. The Bertz CT molecular complexity index is 1100. The summed E-state index contributed by atoms with van der Waals surface area (Å²) in [4.78, 5) is 2.95. The molecule has 0 radical (unpaired) electrons. The fraction of sp³-hybridized carbons (Fsp3) is 0.105. The molecule has 152 valence electrons. The van der Waals surface area contributed by atoms with Crippen LogP contribution in [-0.4, -0.2) is 18.9 Å². The average Bonchev–Trinajstić information content (AvgIpc) is 2.68. The van der Waals surface area contributed by atoms with Crippen molar-refractivity contribution in [2.45, 2.75) is 16.9 Å². The second kappa shape index (κ2) is 8.08. The van der Waals surface area contributed by atoms with E-state index in [1.165, 1.54) is 42.7 Å². The van der Waals surface area contributed by atoms with Crippen LogP contribution in [0.2, 0.25) is 0 Å². The molecule has 0 aliphatic rings. The van der Waals surface area contributed by atoms with Crippen LogP contribution in [-0.2, 0) is 16.4 Å². The predicted octanol–water partition coefficient (Wildman–Crippen LogP) is 4.92. The van der Waals surface area contributed by atoms with Gasteiger partial charge in [-0.15, -0.1) is 0 Å². The molecule has 0 fully saturated rings. The number of rotatable bonds is 6. The van der Waals surface area contributed by atoms with E-state index >= 15 is 0 Å². The lowest BCUT2D eigenvalue weighted by atomic mass is 10.2. The summed E-state index contributed by atoms with van der Waals surface area (Å²) in [6.07, 6.45) is 2.95. The van der Waals surface area contributed by atoms with Crippen LogP contribution < -0.4 is 10.1 Å². The highest BCUT2D eigenvalue weighted by atomic mass is 32.2. The molecule has 3 aromatic rings. The summed E-state index contributed by atoms with van der Waals surface area (Å²) in [5, 5.41) is 2.61. The van der Waals surface area contributed by atoms with Gasteiger partial charge in [0.2, 0.25) is 0 Å². The molecule has 5 nitrogen and oxygen atoms in total. The fourth-order valence-electron chi connectivity index (χ4n) is 2.44. The van der Waals surface area contributed by atoms with Gasteiger partial charge in [0.05, 0.1) is 16.8 Å². The van der Waals surface area contributed by atoms with Crippen LogP contribution in [0.3, 0.4) is 0 Å². The number of hydrogen-bond acceptors (Lipinski definition) is 5. The van der Waals surface area contributed by atoms with Crippen molar-refractivity contribution in [3.8, 4) is 11.5 Å². The minimum Gasteiger partial charge on any atom is -0.453 e. The maximum absolute atomic E-state index is 14.3. The van der Waals surface area contributed by atoms with Crippen LogP contribution in [0.4, 0.5) is 23.2 Å². The van der Waals surface area contributed by atoms with Gasteiger partial charge in [-0.1, -0.05) is 18.2 Å². The van der Waals surface area contributed by atoms with Gasteiger partial charge in [-0.25, -0.2) is 12.8 Å². The molecule has 0 aliphatic heterocycles. The summed E-state index contributed by atoms with van der Waals surface area (Å²) in [7, 11) is -5.52. The highest BCUT2D eigenvalue weighted by Crippen LogP contribution is 2.34. The number of ether oxygens (including phenoxy) is 1. The lowest BCUT2D eigenvalue weighted by Crippen LogP contribution is -2.24. The Balaban J connectivity index is 1.77. The summed E-state index contributed by atoms with van der Waals surface area (Å²) in [5.41, 5.74) is -5.29. The van der Waals surface area contributed by atoms with Crippen molar-refractivity contribution in [1.29, 1.82) is 0 Å². The number of sulfone groups is 1. The van der Waals surface area contributed by atoms with E-state index < -0.39 is 26.1 Å². The monoisotopic (exact) mass is 426 g/mol. The van der Waals surface area contributed by atoms with Crippen LogP contribution in [0.15, 0.2) is 71.9 Å². The zero-order valence-corrected chi connectivity index (χ0v) is 15.5. The molecule has 0 bridgehead atoms. The largest absolute Gasteiger partial charge is 0.501 e. The topological polar surface area (TPSA) is 68.3 Å². The number of pyridine rings is 1. The molecule has 1 N–H and O–H groups in total. The lowest BCUT2D eigenvalue weighted by Gasteiger charge is -2.14. The molecule has 2 aromatic carbocycles.